The van der Waals surface area contributed by atoms with Crippen LogP contribution in [0.1, 0.15) is 25.5 Å². The average Bonchev–Trinajstić information content (AvgIpc) is 2.72. The predicted molar refractivity (Wildman–Crippen MR) is 114 cm³/mol. The van der Waals surface area contributed by atoms with Gasteiger partial charge in [0.15, 0.2) is 11.5 Å². The number of anilines is 1. The molecule has 0 aromatic heterocycles. The van der Waals surface area contributed by atoms with Crippen LogP contribution in [-0.2, 0) is 14.8 Å². The molecule has 0 saturated carbocycles. The van der Waals surface area contributed by atoms with Gasteiger partial charge in [0.1, 0.15) is 25.0 Å². The molecule has 2 aromatic carbocycles. The number of amides is 1. The van der Waals surface area contributed by atoms with Gasteiger partial charge >= 0.3 is 0 Å². The summed E-state index contributed by atoms with van der Waals surface area (Å²) >= 11 is 0. The fourth-order valence-corrected chi connectivity index (χ4v) is 4.47. The minimum atomic E-state index is -3.72. The topological polar surface area (TPSA) is 94.2 Å². The van der Waals surface area contributed by atoms with Gasteiger partial charge in [0, 0.05) is 6.07 Å². The first kappa shape index (κ1) is 21.8. The van der Waals surface area contributed by atoms with Crippen molar-refractivity contribution in [2.24, 2.45) is 0 Å². The van der Waals surface area contributed by atoms with E-state index in [0.29, 0.717) is 36.1 Å². The number of ether oxygens (including phenoxy) is 3. The Hall–Kier alpha value is -2.94. The molecule has 3 rings (SSSR count). The standard InChI is InChI=1S/C21H26N2O6S/c1-14(16-8-9-19-20(12-16)29-11-10-28-19)22-21(24)15(2)23(30(4,25)26)17-6-5-7-18(13-17)27-3/h5-9,12-15H,10-11H2,1-4H3,(H,22,24)/t14-,15-/m0/s1. The van der Waals surface area contributed by atoms with Gasteiger partial charge in [-0.25, -0.2) is 8.42 Å². The molecule has 0 saturated heterocycles. The highest BCUT2D eigenvalue weighted by Crippen LogP contribution is 2.32. The molecule has 8 nitrogen and oxygen atoms in total. The highest BCUT2D eigenvalue weighted by molar-refractivity contribution is 7.92. The normalized spacial score (nSPS) is 15.1. The molecule has 0 radical (unpaired) electrons. The third-order valence-electron chi connectivity index (χ3n) is 4.82. The zero-order chi connectivity index (χ0) is 21.9. The van der Waals surface area contributed by atoms with E-state index in [1.807, 2.05) is 19.1 Å². The van der Waals surface area contributed by atoms with Crippen molar-refractivity contribution in [1.82, 2.24) is 5.32 Å². The Bertz CT molecular complexity index is 1020. The lowest BCUT2D eigenvalue weighted by atomic mass is 10.1. The maximum atomic E-state index is 12.9. The number of nitrogens with one attached hydrogen (secondary N) is 1. The van der Waals surface area contributed by atoms with Gasteiger partial charge in [-0.1, -0.05) is 12.1 Å². The maximum absolute atomic E-state index is 12.9. The lowest BCUT2D eigenvalue weighted by Gasteiger charge is -2.29. The Morgan fingerprint density at radius 3 is 2.47 bits per heavy atom. The maximum Gasteiger partial charge on any atom is 0.244 e. The molecule has 162 valence electrons. The molecule has 0 unspecified atom stereocenters. The van der Waals surface area contributed by atoms with E-state index in [4.69, 9.17) is 14.2 Å². The van der Waals surface area contributed by atoms with Gasteiger partial charge in [0.25, 0.3) is 0 Å². The second-order valence-corrected chi connectivity index (χ2v) is 8.93. The number of carbonyl (C=O) groups is 1. The first-order valence-corrected chi connectivity index (χ1v) is 11.4. The Morgan fingerprint density at radius 2 is 1.80 bits per heavy atom. The number of rotatable bonds is 7. The second kappa shape index (κ2) is 8.83. The summed E-state index contributed by atoms with van der Waals surface area (Å²) in [5.41, 5.74) is 1.18. The SMILES string of the molecule is COc1cccc(N([C@@H](C)C(=O)N[C@@H](C)c2ccc3c(c2)OCCO3)S(C)(=O)=O)c1. The minimum absolute atomic E-state index is 0.353. The van der Waals surface area contributed by atoms with E-state index >= 15 is 0 Å². The van der Waals surface area contributed by atoms with Crippen LogP contribution in [0.15, 0.2) is 42.5 Å². The number of fused-ring (bicyclic) bond motifs is 1. The predicted octanol–water partition coefficient (Wildman–Crippen LogP) is 2.50. The summed E-state index contributed by atoms with van der Waals surface area (Å²) in [6.07, 6.45) is 1.07. The van der Waals surface area contributed by atoms with Crippen LogP contribution in [0.25, 0.3) is 0 Å². The van der Waals surface area contributed by atoms with E-state index in [0.717, 1.165) is 16.1 Å². The van der Waals surface area contributed by atoms with E-state index in [2.05, 4.69) is 5.32 Å². The summed E-state index contributed by atoms with van der Waals surface area (Å²) in [7, 11) is -2.22. The molecule has 1 aliphatic rings. The number of sulfonamides is 1. The number of hydrogen-bond acceptors (Lipinski definition) is 6. The van der Waals surface area contributed by atoms with Crippen molar-refractivity contribution >= 4 is 21.6 Å². The summed E-state index contributed by atoms with van der Waals surface area (Å²) in [5.74, 6) is 1.37. The summed E-state index contributed by atoms with van der Waals surface area (Å²) in [6.45, 7) is 4.35. The van der Waals surface area contributed by atoms with Gasteiger partial charge in [-0.15, -0.1) is 0 Å². The van der Waals surface area contributed by atoms with E-state index in [-0.39, 0.29) is 6.04 Å². The molecule has 0 spiro atoms. The third-order valence-corrected chi connectivity index (χ3v) is 6.06. The number of hydrogen-bond donors (Lipinski definition) is 1. The van der Waals surface area contributed by atoms with Crippen molar-refractivity contribution < 1.29 is 27.4 Å². The van der Waals surface area contributed by atoms with Crippen molar-refractivity contribution in [2.75, 3.05) is 30.9 Å². The monoisotopic (exact) mass is 434 g/mol. The lowest BCUT2D eigenvalue weighted by molar-refractivity contribution is -0.122. The van der Waals surface area contributed by atoms with Crippen molar-refractivity contribution in [3.05, 3.63) is 48.0 Å². The fourth-order valence-electron chi connectivity index (χ4n) is 3.30. The summed E-state index contributed by atoms with van der Waals surface area (Å²) in [5, 5.41) is 2.88. The molecular weight excluding hydrogens is 408 g/mol. The third kappa shape index (κ3) is 4.79. The Morgan fingerprint density at radius 1 is 1.10 bits per heavy atom. The van der Waals surface area contributed by atoms with E-state index < -0.39 is 22.0 Å². The molecule has 1 heterocycles. The zero-order valence-corrected chi connectivity index (χ0v) is 18.2. The molecule has 0 fully saturated rings. The molecule has 30 heavy (non-hydrogen) atoms. The van der Waals surface area contributed by atoms with Crippen molar-refractivity contribution in [3.8, 4) is 17.2 Å². The van der Waals surface area contributed by atoms with Gasteiger partial charge < -0.3 is 19.5 Å². The molecule has 1 N–H and O–H groups in total. The molecule has 1 aliphatic heterocycles. The molecular formula is C21H26N2O6S. The van der Waals surface area contributed by atoms with Crippen LogP contribution in [-0.4, -0.2) is 46.9 Å². The fraction of sp³-hybridized carbons (Fsp3) is 0.381. The molecule has 0 bridgehead atoms. The largest absolute Gasteiger partial charge is 0.497 e. The van der Waals surface area contributed by atoms with Crippen LogP contribution in [0.4, 0.5) is 5.69 Å². The summed E-state index contributed by atoms with van der Waals surface area (Å²) < 4.78 is 42.3. The Balaban J connectivity index is 1.80. The van der Waals surface area contributed by atoms with Crippen LogP contribution in [0, 0.1) is 0 Å². The smallest absolute Gasteiger partial charge is 0.244 e. The van der Waals surface area contributed by atoms with Crippen LogP contribution in [0.2, 0.25) is 0 Å². The van der Waals surface area contributed by atoms with E-state index in [1.54, 1.807) is 37.3 Å². The minimum Gasteiger partial charge on any atom is -0.497 e. The van der Waals surface area contributed by atoms with Gasteiger partial charge in [-0.05, 0) is 43.7 Å². The first-order chi connectivity index (χ1) is 14.2. The summed E-state index contributed by atoms with van der Waals surface area (Å²) in [4.78, 5) is 12.9. The van der Waals surface area contributed by atoms with E-state index in [9.17, 15) is 13.2 Å². The highest BCUT2D eigenvalue weighted by atomic mass is 32.2. The van der Waals surface area contributed by atoms with Crippen LogP contribution >= 0.6 is 0 Å². The zero-order valence-electron chi connectivity index (χ0n) is 17.4. The molecule has 9 heteroatoms. The number of methoxy groups -OCH3 is 1. The van der Waals surface area contributed by atoms with Gasteiger partial charge in [-0.2, -0.15) is 0 Å². The number of benzene rings is 2. The van der Waals surface area contributed by atoms with Gasteiger partial charge in [0.2, 0.25) is 15.9 Å². The van der Waals surface area contributed by atoms with Gasteiger partial charge in [0.05, 0.1) is 25.1 Å². The van der Waals surface area contributed by atoms with Gasteiger partial charge in [-0.3, -0.25) is 9.10 Å². The van der Waals surface area contributed by atoms with Crippen LogP contribution in [0.5, 0.6) is 17.2 Å². The van der Waals surface area contributed by atoms with Crippen LogP contribution < -0.4 is 23.8 Å². The molecule has 2 aromatic rings. The molecule has 2 atom stereocenters. The van der Waals surface area contributed by atoms with Crippen LogP contribution in [0.3, 0.4) is 0 Å². The van der Waals surface area contributed by atoms with Crippen molar-refractivity contribution in [3.63, 3.8) is 0 Å². The molecule has 0 aliphatic carbocycles. The van der Waals surface area contributed by atoms with Crippen molar-refractivity contribution in [2.45, 2.75) is 25.9 Å². The average molecular weight is 435 g/mol. The second-order valence-electron chi connectivity index (χ2n) is 7.07. The lowest BCUT2D eigenvalue weighted by Crippen LogP contribution is -2.48. The Kier molecular flexibility index (Phi) is 6.40. The number of carbonyl (C=O) groups excluding carboxylic acids is 1. The van der Waals surface area contributed by atoms with Crippen molar-refractivity contribution in [1.29, 1.82) is 0 Å². The quantitative estimate of drug-likeness (QED) is 0.720. The first-order valence-electron chi connectivity index (χ1n) is 9.54. The highest BCUT2D eigenvalue weighted by Gasteiger charge is 2.30. The Labute approximate surface area is 176 Å². The number of nitrogens with zero attached hydrogens (tertiary/aromatic N) is 1. The van der Waals surface area contributed by atoms with E-state index in [1.165, 1.54) is 7.11 Å². The molecule has 1 amide bonds. The summed E-state index contributed by atoms with van der Waals surface area (Å²) in [6, 6.07) is 10.7.